The van der Waals surface area contributed by atoms with Crippen molar-refractivity contribution in [1.82, 2.24) is 0 Å². The van der Waals surface area contributed by atoms with E-state index in [2.05, 4.69) is 0 Å². The first-order valence-electron chi connectivity index (χ1n) is 5.02. The Kier molecular flexibility index (Phi) is 1.43. The Balaban J connectivity index is 1.74. The minimum Gasteiger partial charge on any atom is -0.348 e. The van der Waals surface area contributed by atoms with Gasteiger partial charge < -0.3 is 9.47 Å². The molecule has 3 rings (SSSR count). The number of carbonyl (C=O) groups excluding carboxylic acids is 1. The van der Waals surface area contributed by atoms with E-state index in [9.17, 15) is 4.79 Å². The first-order chi connectivity index (χ1) is 6.22. The van der Waals surface area contributed by atoms with Crippen molar-refractivity contribution < 1.29 is 14.3 Å². The summed E-state index contributed by atoms with van der Waals surface area (Å²) in [5.74, 6) is 0.121. The van der Waals surface area contributed by atoms with Gasteiger partial charge in [-0.3, -0.25) is 4.79 Å². The molecular formula is C10H14O3. The zero-order valence-electron chi connectivity index (χ0n) is 7.67. The summed E-state index contributed by atoms with van der Waals surface area (Å²) in [5.41, 5.74) is 0.265. The summed E-state index contributed by atoms with van der Waals surface area (Å²) in [4.78, 5) is 11.0. The van der Waals surface area contributed by atoms with Crippen LogP contribution in [0, 0.1) is 5.41 Å². The molecule has 0 unspecified atom stereocenters. The van der Waals surface area contributed by atoms with E-state index in [-0.39, 0.29) is 11.2 Å². The van der Waals surface area contributed by atoms with E-state index in [1.54, 1.807) is 0 Å². The van der Waals surface area contributed by atoms with Crippen LogP contribution < -0.4 is 0 Å². The van der Waals surface area contributed by atoms with Crippen LogP contribution in [-0.4, -0.2) is 24.8 Å². The summed E-state index contributed by atoms with van der Waals surface area (Å²) in [6, 6.07) is 0. The largest absolute Gasteiger partial charge is 0.348 e. The normalized spacial score (nSPS) is 34.3. The number of Topliss-reactive ketones (excluding diaryl/α,β-unsaturated/α-hetero) is 1. The molecular weight excluding hydrogens is 168 g/mol. The lowest BCUT2D eigenvalue weighted by atomic mass is 9.66. The molecule has 0 aromatic heterocycles. The van der Waals surface area contributed by atoms with Crippen molar-refractivity contribution in [2.45, 2.75) is 37.9 Å². The van der Waals surface area contributed by atoms with Crippen LogP contribution in [0.3, 0.4) is 0 Å². The Hall–Kier alpha value is -0.410. The fraction of sp³-hybridized carbons (Fsp3) is 0.900. The maximum absolute atomic E-state index is 11.0. The van der Waals surface area contributed by atoms with E-state index >= 15 is 0 Å². The molecule has 3 aliphatic rings. The molecule has 0 radical (unpaired) electrons. The average Bonchev–Trinajstić information content (AvgIpc) is 2.60. The molecule has 1 aliphatic heterocycles. The SMILES string of the molecule is O=C1CC2(CCC3(C2)OCCO3)C1. The highest BCUT2D eigenvalue weighted by Crippen LogP contribution is 2.57. The maximum Gasteiger partial charge on any atom is 0.169 e. The van der Waals surface area contributed by atoms with Crippen molar-refractivity contribution in [3.05, 3.63) is 0 Å². The lowest BCUT2D eigenvalue weighted by Crippen LogP contribution is -2.38. The Bertz CT molecular complexity index is 245. The zero-order valence-corrected chi connectivity index (χ0v) is 7.67. The number of rotatable bonds is 0. The molecule has 3 heteroatoms. The van der Waals surface area contributed by atoms with Crippen LogP contribution in [0.4, 0.5) is 0 Å². The molecule has 0 aromatic carbocycles. The quantitative estimate of drug-likeness (QED) is 0.565. The van der Waals surface area contributed by atoms with Gasteiger partial charge in [-0.15, -0.1) is 0 Å². The Morgan fingerprint density at radius 3 is 2.38 bits per heavy atom. The molecule has 0 atom stereocenters. The van der Waals surface area contributed by atoms with Gasteiger partial charge in [0.2, 0.25) is 0 Å². The van der Waals surface area contributed by atoms with E-state index in [0.29, 0.717) is 5.78 Å². The van der Waals surface area contributed by atoms with Gasteiger partial charge in [-0.05, 0) is 11.8 Å². The van der Waals surface area contributed by atoms with E-state index in [1.165, 1.54) is 0 Å². The van der Waals surface area contributed by atoms with Gasteiger partial charge in [-0.25, -0.2) is 0 Å². The summed E-state index contributed by atoms with van der Waals surface area (Å²) in [7, 11) is 0. The third-order valence-corrected chi connectivity index (χ3v) is 3.64. The molecule has 3 nitrogen and oxygen atoms in total. The molecule has 13 heavy (non-hydrogen) atoms. The van der Waals surface area contributed by atoms with E-state index < -0.39 is 0 Å². The second-order valence-electron chi connectivity index (χ2n) is 4.68. The van der Waals surface area contributed by atoms with Crippen molar-refractivity contribution >= 4 is 5.78 Å². The Morgan fingerprint density at radius 1 is 1.08 bits per heavy atom. The Morgan fingerprint density at radius 2 is 1.77 bits per heavy atom. The number of hydrogen-bond donors (Lipinski definition) is 0. The summed E-state index contributed by atoms with van der Waals surface area (Å²) in [6.45, 7) is 1.45. The van der Waals surface area contributed by atoms with Gasteiger partial charge in [0, 0.05) is 25.7 Å². The number of hydrogen-bond acceptors (Lipinski definition) is 3. The zero-order chi connectivity index (χ0) is 8.94. The number of ketones is 1. The topological polar surface area (TPSA) is 35.5 Å². The van der Waals surface area contributed by atoms with Gasteiger partial charge in [0.05, 0.1) is 13.2 Å². The lowest BCUT2D eigenvalue weighted by molar-refractivity contribution is -0.162. The molecule has 72 valence electrons. The molecule has 1 saturated heterocycles. The summed E-state index contributed by atoms with van der Waals surface area (Å²) in [6.07, 6.45) is 4.58. The van der Waals surface area contributed by atoms with Gasteiger partial charge in [0.15, 0.2) is 5.79 Å². The lowest BCUT2D eigenvalue weighted by Gasteiger charge is -2.37. The van der Waals surface area contributed by atoms with Crippen LogP contribution in [0.15, 0.2) is 0 Å². The third-order valence-electron chi connectivity index (χ3n) is 3.64. The van der Waals surface area contributed by atoms with Crippen LogP contribution in [0.2, 0.25) is 0 Å². The van der Waals surface area contributed by atoms with Crippen molar-refractivity contribution in [1.29, 1.82) is 0 Å². The number of carbonyl (C=O) groups is 1. The first kappa shape index (κ1) is 7.94. The molecule has 2 spiro atoms. The van der Waals surface area contributed by atoms with Crippen molar-refractivity contribution in [3.63, 3.8) is 0 Å². The molecule has 3 fully saturated rings. The van der Waals surface area contributed by atoms with Crippen LogP contribution in [-0.2, 0) is 14.3 Å². The summed E-state index contributed by atoms with van der Waals surface area (Å²) < 4.78 is 11.3. The second-order valence-corrected chi connectivity index (χ2v) is 4.68. The van der Waals surface area contributed by atoms with E-state index in [0.717, 1.165) is 45.3 Å². The highest BCUT2D eigenvalue weighted by molar-refractivity contribution is 5.86. The third kappa shape index (κ3) is 1.07. The van der Waals surface area contributed by atoms with E-state index in [1.807, 2.05) is 0 Å². The minimum absolute atomic E-state index is 0.265. The smallest absolute Gasteiger partial charge is 0.169 e. The monoisotopic (exact) mass is 182 g/mol. The molecule has 2 aliphatic carbocycles. The van der Waals surface area contributed by atoms with Crippen LogP contribution in [0.1, 0.15) is 32.1 Å². The van der Waals surface area contributed by atoms with Crippen molar-refractivity contribution in [3.8, 4) is 0 Å². The predicted molar refractivity (Wildman–Crippen MR) is 45.2 cm³/mol. The molecule has 0 N–H and O–H groups in total. The molecule has 2 saturated carbocycles. The highest BCUT2D eigenvalue weighted by atomic mass is 16.7. The van der Waals surface area contributed by atoms with Crippen LogP contribution in [0.25, 0.3) is 0 Å². The van der Waals surface area contributed by atoms with Crippen molar-refractivity contribution in [2.24, 2.45) is 5.41 Å². The molecule has 0 aromatic rings. The average molecular weight is 182 g/mol. The van der Waals surface area contributed by atoms with E-state index in [4.69, 9.17) is 9.47 Å². The predicted octanol–water partition coefficient (Wildman–Crippen LogP) is 1.26. The molecule has 0 bridgehead atoms. The fourth-order valence-electron chi connectivity index (χ4n) is 3.03. The standard InChI is InChI=1S/C10H14O3/c11-8-5-9(6-8)1-2-10(7-9)12-3-4-13-10/h1-7H2. The summed E-state index contributed by atoms with van der Waals surface area (Å²) in [5, 5.41) is 0. The fourth-order valence-corrected chi connectivity index (χ4v) is 3.03. The minimum atomic E-state index is -0.291. The van der Waals surface area contributed by atoms with Crippen LogP contribution >= 0.6 is 0 Å². The molecule has 1 heterocycles. The Labute approximate surface area is 77.4 Å². The van der Waals surface area contributed by atoms with Gasteiger partial charge in [0.1, 0.15) is 5.78 Å². The van der Waals surface area contributed by atoms with Gasteiger partial charge in [-0.1, -0.05) is 0 Å². The first-order valence-corrected chi connectivity index (χ1v) is 5.02. The van der Waals surface area contributed by atoms with Gasteiger partial charge in [-0.2, -0.15) is 0 Å². The van der Waals surface area contributed by atoms with Gasteiger partial charge in [0.25, 0.3) is 0 Å². The van der Waals surface area contributed by atoms with Crippen LogP contribution in [0.5, 0.6) is 0 Å². The molecule has 0 amide bonds. The maximum atomic E-state index is 11.0. The second kappa shape index (κ2) is 2.34. The van der Waals surface area contributed by atoms with Gasteiger partial charge >= 0.3 is 0 Å². The van der Waals surface area contributed by atoms with Crippen molar-refractivity contribution in [2.75, 3.05) is 13.2 Å². The highest BCUT2D eigenvalue weighted by Gasteiger charge is 2.56. The summed E-state index contributed by atoms with van der Waals surface area (Å²) >= 11 is 0. The number of ether oxygens (including phenoxy) is 2.